The fourth-order valence-corrected chi connectivity index (χ4v) is 2.78. The number of carbonyl (C=O) groups is 5. The third kappa shape index (κ3) is 10.5. The molecule has 0 aliphatic rings. The van der Waals surface area contributed by atoms with Crippen LogP contribution in [0.3, 0.4) is 0 Å². The first kappa shape index (κ1) is 29.3. The van der Waals surface area contributed by atoms with E-state index in [0.717, 1.165) is 0 Å². The fourth-order valence-electron chi connectivity index (χ4n) is 2.78. The van der Waals surface area contributed by atoms with E-state index in [4.69, 9.17) is 17.2 Å². The minimum atomic E-state index is -1.34. The number of carbonyl (C=O) groups excluding carboxylic acids is 4. The van der Waals surface area contributed by atoms with Crippen LogP contribution in [0.5, 0.6) is 0 Å². The van der Waals surface area contributed by atoms with Crippen LogP contribution in [0.2, 0.25) is 0 Å². The van der Waals surface area contributed by atoms with Crippen LogP contribution < -0.4 is 33.2 Å². The number of amides is 4. The molecule has 4 amide bonds. The average Bonchev–Trinajstić information content (AvgIpc) is 2.68. The van der Waals surface area contributed by atoms with Crippen molar-refractivity contribution in [2.24, 2.45) is 29.0 Å². The van der Waals surface area contributed by atoms with Crippen LogP contribution in [-0.4, -0.2) is 65.4 Å². The van der Waals surface area contributed by atoms with Crippen LogP contribution in [0, 0.1) is 11.8 Å². The van der Waals surface area contributed by atoms with Crippen LogP contribution in [-0.2, 0) is 24.0 Å². The first-order valence-corrected chi connectivity index (χ1v) is 10.7. The number of carboxylic acids is 1. The van der Waals surface area contributed by atoms with E-state index in [0.29, 0.717) is 19.4 Å². The quantitative estimate of drug-likeness (QED) is 0.138. The van der Waals surface area contributed by atoms with Gasteiger partial charge in [0, 0.05) is 0 Å². The molecule has 0 bridgehead atoms. The number of nitrogens with two attached hydrogens (primary N) is 3. The minimum absolute atomic E-state index is 0.182. The van der Waals surface area contributed by atoms with Crippen molar-refractivity contribution >= 4 is 29.6 Å². The number of aliphatic carboxylic acids is 1. The number of unbranched alkanes of at least 4 members (excludes halogenated alkanes) is 1. The maximum absolute atomic E-state index is 12.8. The largest absolute Gasteiger partial charge is 0.480 e. The monoisotopic (exact) mass is 458 g/mol. The van der Waals surface area contributed by atoms with Crippen molar-refractivity contribution in [2.75, 3.05) is 6.54 Å². The fraction of sp³-hybridized carbons (Fsp3) is 0.750. The van der Waals surface area contributed by atoms with Crippen LogP contribution in [0.15, 0.2) is 0 Å². The van der Waals surface area contributed by atoms with E-state index in [1.165, 1.54) is 0 Å². The number of primary amides is 1. The third-order valence-corrected chi connectivity index (χ3v) is 4.87. The minimum Gasteiger partial charge on any atom is -0.480 e. The molecule has 0 aliphatic carbocycles. The summed E-state index contributed by atoms with van der Waals surface area (Å²) in [6.45, 7) is 7.09. The van der Waals surface area contributed by atoms with E-state index in [-0.39, 0.29) is 12.3 Å². The van der Waals surface area contributed by atoms with Gasteiger partial charge in [-0.1, -0.05) is 27.7 Å². The van der Waals surface area contributed by atoms with Gasteiger partial charge >= 0.3 is 5.97 Å². The van der Waals surface area contributed by atoms with Crippen LogP contribution in [0.25, 0.3) is 0 Å². The van der Waals surface area contributed by atoms with Crippen LogP contribution in [0.1, 0.15) is 53.4 Å². The van der Waals surface area contributed by atoms with Crippen molar-refractivity contribution in [3.05, 3.63) is 0 Å². The van der Waals surface area contributed by atoms with Crippen molar-refractivity contribution in [3.8, 4) is 0 Å². The summed E-state index contributed by atoms with van der Waals surface area (Å²) in [7, 11) is 0. The highest BCUT2D eigenvalue weighted by molar-refractivity contribution is 5.96. The highest BCUT2D eigenvalue weighted by Crippen LogP contribution is 2.07. The van der Waals surface area contributed by atoms with Gasteiger partial charge in [-0.25, -0.2) is 4.79 Å². The Bertz CT molecular complexity index is 669. The summed E-state index contributed by atoms with van der Waals surface area (Å²) in [5, 5.41) is 16.6. The molecule has 0 radical (unpaired) electrons. The predicted octanol–water partition coefficient (Wildman–Crippen LogP) is -1.83. The highest BCUT2D eigenvalue weighted by Gasteiger charge is 2.32. The van der Waals surface area contributed by atoms with E-state index in [9.17, 15) is 29.1 Å². The zero-order chi connectivity index (χ0) is 25.0. The number of hydrogen-bond donors (Lipinski definition) is 7. The van der Waals surface area contributed by atoms with E-state index >= 15 is 0 Å². The lowest BCUT2D eigenvalue weighted by Gasteiger charge is -2.26. The summed E-state index contributed by atoms with van der Waals surface area (Å²) in [5.41, 5.74) is 16.5. The zero-order valence-electron chi connectivity index (χ0n) is 19.2. The molecule has 0 heterocycles. The van der Waals surface area contributed by atoms with E-state index in [1.807, 2.05) is 0 Å². The van der Waals surface area contributed by atoms with Crippen molar-refractivity contribution in [1.29, 1.82) is 0 Å². The van der Waals surface area contributed by atoms with E-state index in [1.54, 1.807) is 27.7 Å². The molecule has 0 aromatic rings. The smallest absolute Gasteiger partial charge is 0.326 e. The predicted molar refractivity (Wildman–Crippen MR) is 118 cm³/mol. The summed E-state index contributed by atoms with van der Waals surface area (Å²) in [4.78, 5) is 60.7. The second-order valence-electron chi connectivity index (χ2n) is 8.42. The zero-order valence-corrected chi connectivity index (χ0v) is 19.2. The molecule has 0 fully saturated rings. The molecular weight excluding hydrogens is 420 g/mol. The third-order valence-electron chi connectivity index (χ3n) is 4.87. The van der Waals surface area contributed by atoms with Crippen LogP contribution in [0.4, 0.5) is 0 Å². The van der Waals surface area contributed by atoms with Gasteiger partial charge in [0.15, 0.2) is 0 Å². The lowest BCUT2D eigenvalue weighted by atomic mass is 10.0. The Balaban J connectivity index is 5.53. The maximum Gasteiger partial charge on any atom is 0.326 e. The van der Waals surface area contributed by atoms with Gasteiger partial charge in [0.05, 0.1) is 12.5 Å². The molecule has 0 aliphatic heterocycles. The second-order valence-corrected chi connectivity index (χ2v) is 8.42. The lowest BCUT2D eigenvalue weighted by Crippen LogP contribution is -2.58. The molecule has 0 saturated carbocycles. The second kappa shape index (κ2) is 14.4. The van der Waals surface area contributed by atoms with Gasteiger partial charge < -0.3 is 38.3 Å². The van der Waals surface area contributed by atoms with E-state index < -0.39 is 66.1 Å². The Labute approximate surface area is 188 Å². The Kier molecular flexibility index (Phi) is 13.1. The standard InChI is InChI=1S/C20H38N6O6/c1-10(2)15(23)19(30)25-13(9-14(22)27)18(29)24-12(7-5-6-8-21)17(28)26-16(11(3)4)20(31)32/h10-13,15-16H,5-9,21,23H2,1-4H3,(H2,22,27)(H,24,29)(H,25,30)(H,26,28)(H,31,32). The van der Waals surface area contributed by atoms with E-state index in [2.05, 4.69) is 16.0 Å². The van der Waals surface area contributed by atoms with Crippen molar-refractivity contribution in [3.63, 3.8) is 0 Å². The summed E-state index contributed by atoms with van der Waals surface area (Å²) in [6.07, 6.45) is 0.751. The van der Waals surface area contributed by atoms with Gasteiger partial charge in [-0.05, 0) is 37.6 Å². The van der Waals surface area contributed by atoms with Gasteiger partial charge in [0.2, 0.25) is 23.6 Å². The van der Waals surface area contributed by atoms with Crippen LogP contribution >= 0.6 is 0 Å². The summed E-state index contributed by atoms with van der Waals surface area (Å²) in [6, 6.07) is -4.50. The Morgan fingerprint density at radius 2 is 1.34 bits per heavy atom. The molecule has 32 heavy (non-hydrogen) atoms. The summed E-state index contributed by atoms with van der Waals surface area (Å²) >= 11 is 0. The highest BCUT2D eigenvalue weighted by atomic mass is 16.4. The molecule has 0 saturated heterocycles. The topological polar surface area (TPSA) is 220 Å². The number of hydrogen-bond acceptors (Lipinski definition) is 7. The first-order chi connectivity index (χ1) is 14.8. The van der Waals surface area contributed by atoms with Gasteiger partial charge in [0.1, 0.15) is 18.1 Å². The molecule has 0 rings (SSSR count). The van der Waals surface area contributed by atoms with Crippen molar-refractivity contribution in [1.82, 2.24) is 16.0 Å². The normalized spacial score (nSPS) is 14.9. The Morgan fingerprint density at radius 3 is 1.78 bits per heavy atom. The molecule has 184 valence electrons. The van der Waals surface area contributed by atoms with Gasteiger partial charge in [-0.3, -0.25) is 19.2 Å². The summed E-state index contributed by atoms with van der Waals surface area (Å²) < 4.78 is 0. The first-order valence-electron chi connectivity index (χ1n) is 10.7. The van der Waals surface area contributed by atoms with Gasteiger partial charge in [0.25, 0.3) is 0 Å². The maximum atomic E-state index is 12.8. The van der Waals surface area contributed by atoms with Crippen molar-refractivity contribution < 1.29 is 29.1 Å². The SMILES string of the molecule is CC(C)C(N)C(=O)NC(CC(N)=O)C(=O)NC(CCCCN)C(=O)NC(C(=O)O)C(C)C. The molecule has 4 unspecified atom stereocenters. The molecular formula is C20H38N6O6. The van der Waals surface area contributed by atoms with Gasteiger partial charge in [-0.2, -0.15) is 0 Å². The molecule has 0 aromatic carbocycles. The molecule has 4 atom stereocenters. The molecule has 0 aromatic heterocycles. The molecule has 12 heteroatoms. The van der Waals surface area contributed by atoms with Crippen molar-refractivity contribution in [2.45, 2.75) is 77.5 Å². The number of nitrogens with one attached hydrogen (secondary N) is 3. The number of rotatable bonds is 15. The average molecular weight is 459 g/mol. The summed E-state index contributed by atoms with van der Waals surface area (Å²) in [5.74, 6) is -4.80. The molecule has 0 spiro atoms. The lowest BCUT2D eigenvalue weighted by molar-refractivity contribution is -0.143. The molecule has 12 nitrogen and oxygen atoms in total. The Hall–Kier alpha value is -2.73. The number of carboxylic acid groups (broad SMARTS) is 1. The Morgan fingerprint density at radius 1 is 0.812 bits per heavy atom. The molecule has 10 N–H and O–H groups in total. The van der Waals surface area contributed by atoms with Gasteiger partial charge in [-0.15, -0.1) is 0 Å².